The number of nitrogens with zero attached hydrogens (tertiary/aromatic N) is 5. The Kier molecular flexibility index (Phi) is 11.3. The number of carboxylic acid groups (broad SMARTS) is 1. The molecule has 2 saturated heterocycles. The molecule has 1 aromatic carbocycles. The van der Waals surface area contributed by atoms with Crippen LogP contribution in [-0.2, 0) is 18.0 Å². The first kappa shape index (κ1) is 39.3. The molecule has 0 spiro atoms. The fourth-order valence-corrected chi connectivity index (χ4v) is 6.25. The maximum atomic E-state index is 15.4. The number of carbonyl (C=O) groups excluding carboxylic acids is 3. The first-order valence-electron chi connectivity index (χ1n) is 16.0. The predicted molar refractivity (Wildman–Crippen MR) is 174 cm³/mol. The number of hydrogen-bond acceptors (Lipinski definition) is 8. The van der Waals surface area contributed by atoms with Gasteiger partial charge in [0.05, 0.1) is 46.7 Å². The third-order valence-electron chi connectivity index (χ3n) is 9.05. The molecule has 288 valence electrons. The lowest BCUT2D eigenvalue weighted by Gasteiger charge is -2.36. The lowest BCUT2D eigenvalue weighted by atomic mass is 9.93. The number of piperidine rings is 1. The van der Waals surface area contributed by atoms with Crippen molar-refractivity contribution >= 4 is 41.6 Å². The van der Waals surface area contributed by atoms with E-state index in [2.05, 4.69) is 31.3 Å². The largest absolute Gasteiger partial charge is 0.483 e. The van der Waals surface area contributed by atoms with Gasteiger partial charge in [-0.25, -0.2) is 22.9 Å². The smallest absolute Gasteiger partial charge is 0.435 e. The van der Waals surface area contributed by atoms with Crippen LogP contribution >= 0.6 is 11.6 Å². The van der Waals surface area contributed by atoms with Crippen LogP contribution in [0, 0.1) is 0 Å². The summed E-state index contributed by atoms with van der Waals surface area (Å²) >= 11 is 6.38. The summed E-state index contributed by atoms with van der Waals surface area (Å²) in [6.07, 6.45) is -4.60. The van der Waals surface area contributed by atoms with E-state index >= 15 is 4.39 Å². The minimum absolute atomic E-state index is 0.0357. The fourth-order valence-electron chi connectivity index (χ4n) is 5.99. The van der Waals surface area contributed by atoms with Crippen molar-refractivity contribution in [2.24, 2.45) is 7.05 Å². The van der Waals surface area contributed by atoms with E-state index in [1.54, 1.807) is 0 Å². The van der Waals surface area contributed by atoms with Gasteiger partial charge in [-0.3, -0.25) is 19.1 Å². The molecule has 2 aliphatic heterocycles. The third kappa shape index (κ3) is 8.84. The minimum atomic E-state index is -4.97. The summed E-state index contributed by atoms with van der Waals surface area (Å²) in [4.78, 5) is 52.2. The van der Waals surface area contributed by atoms with Crippen LogP contribution in [0.1, 0.15) is 52.0 Å². The SMILES string of the molecule is Cn1c(-c2cn(C3CC3(F)F)nc2C(F)(F)F)cnc1C(=O)Nc1ccc(C(=O)N2CCC(F)(CNC(=O)NC3CNCC3O)CC2)c(Cl)c1.O=CO. The van der Waals surface area contributed by atoms with E-state index in [4.69, 9.17) is 21.5 Å². The Hall–Kier alpha value is -4.89. The number of hydrogen-bond donors (Lipinski definition) is 6. The van der Waals surface area contributed by atoms with Crippen LogP contribution in [0.25, 0.3) is 11.3 Å². The summed E-state index contributed by atoms with van der Waals surface area (Å²) < 4.78 is 85.5. The second-order valence-electron chi connectivity index (χ2n) is 12.7. The number of halogens is 7. The fraction of sp³-hybridized carbons (Fsp3) is 0.484. The number of nitrogens with one attached hydrogen (secondary N) is 4. The van der Waals surface area contributed by atoms with Gasteiger partial charge in [-0.1, -0.05) is 11.6 Å². The zero-order valence-electron chi connectivity index (χ0n) is 27.8. The highest BCUT2D eigenvalue weighted by Gasteiger charge is 2.59. The quantitative estimate of drug-likeness (QED) is 0.147. The van der Waals surface area contributed by atoms with Crippen molar-refractivity contribution < 1.29 is 55.7 Å². The molecule has 3 aliphatic rings. The molecule has 53 heavy (non-hydrogen) atoms. The number of rotatable bonds is 8. The molecule has 6 N–H and O–H groups in total. The molecule has 6 rings (SSSR count). The van der Waals surface area contributed by atoms with Gasteiger partial charge >= 0.3 is 12.2 Å². The van der Waals surface area contributed by atoms with Gasteiger partial charge in [0, 0.05) is 64.4 Å². The number of aromatic nitrogens is 4. The van der Waals surface area contributed by atoms with E-state index in [1.165, 1.54) is 30.1 Å². The molecule has 3 unspecified atom stereocenters. The van der Waals surface area contributed by atoms with E-state index in [0.29, 0.717) is 17.8 Å². The Labute approximate surface area is 301 Å². The van der Waals surface area contributed by atoms with Gasteiger partial charge in [-0.2, -0.15) is 18.3 Å². The van der Waals surface area contributed by atoms with E-state index in [-0.39, 0.29) is 66.7 Å². The van der Waals surface area contributed by atoms with Gasteiger partial charge in [0.15, 0.2) is 11.5 Å². The van der Waals surface area contributed by atoms with Crippen molar-refractivity contribution in [3.8, 4) is 11.3 Å². The second kappa shape index (κ2) is 15.2. The number of aliphatic hydroxyl groups excluding tert-OH is 1. The topological polar surface area (TPSA) is 196 Å². The number of alkyl halides is 6. The number of amides is 4. The van der Waals surface area contributed by atoms with Crippen molar-refractivity contribution in [3.05, 3.63) is 52.7 Å². The number of imidazole rings is 1. The molecule has 3 atom stereocenters. The second-order valence-corrected chi connectivity index (χ2v) is 13.1. The highest BCUT2D eigenvalue weighted by molar-refractivity contribution is 6.34. The Balaban J connectivity index is 0.00000175. The van der Waals surface area contributed by atoms with Crippen LogP contribution in [0.5, 0.6) is 0 Å². The van der Waals surface area contributed by atoms with Crippen molar-refractivity contribution in [1.82, 2.24) is 40.2 Å². The van der Waals surface area contributed by atoms with Gasteiger partial charge in [-0.15, -0.1) is 0 Å². The number of β-amino-alcohol motifs (C(OH)–C–C–N with tert-alkyl or cyclic N) is 1. The van der Waals surface area contributed by atoms with Gasteiger partial charge in [-0.05, 0) is 18.2 Å². The number of anilines is 1. The minimum Gasteiger partial charge on any atom is -0.483 e. The zero-order chi connectivity index (χ0) is 38.9. The molecule has 2 aromatic heterocycles. The van der Waals surface area contributed by atoms with Crippen molar-refractivity contribution in [1.29, 1.82) is 0 Å². The number of urea groups is 1. The molecule has 4 amide bonds. The standard InChI is InChI=1S/C30H32ClF6N9O4.CH2O2/c1-44-20(17-13-46(22-9-29(22,33)34)43-23(17)30(35,36)37)11-39-24(44)25(48)41-15-2-3-16(18(31)8-15)26(49)45-6-4-28(32,5-7-45)14-40-27(50)42-19-10-38-12-21(19)47;2-1-3/h2-3,8,11,13,19,21-22,38,47H,4-7,9-10,12,14H2,1H3,(H,41,48)(H2,40,42,50);1H,(H,2,3). The predicted octanol–water partition coefficient (Wildman–Crippen LogP) is 3.07. The summed E-state index contributed by atoms with van der Waals surface area (Å²) in [5.74, 6) is -4.80. The average molecular weight is 778 g/mol. The first-order valence-corrected chi connectivity index (χ1v) is 16.4. The van der Waals surface area contributed by atoms with Crippen molar-refractivity contribution in [2.45, 2.75) is 55.2 Å². The monoisotopic (exact) mass is 777 g/mol. The average Bonchev–Trinajstić information content (AvgIpc) is 3.47. The molecule has 3 aromatic rings. The van der Waals surface area contributed by atoms with Gasteiger partial charge in [0.1, 0.15) is 11.7 Å². The maximum Gasteiger partial charge on any atom is 0.435 e. The Morgan fingerprint density at radius 2 is 1.81 bits per heavy atom. The van der Waals surface area contributed by atoms with Crippen LogP contribution in [-0.4, -0.2) is 115 Å². The summed E-state index contributed by atoms with van der Waals surface area (Å²) in [6, 6.07) is 1.44. The Morgan fingerprint density at radius 1 is 1.15 bits per heavy atom. The molecular formula is C31H34ClF6N9O6. The summed E-state index contributed by atoms with van der Waals surface area (Å²) in [6.45, 7) is 0.287. The number of carbonyl (C=O) groups is 4. The number of aliphatic hydroxyl groups is 1. The summed E-state index contributed by atoms with van der Waals surface area (Å²) in [7, 11) is 1.28. The van der Waals surface area contributed by atoms with Crippen LogP contribution in [0.3, 0.4) is 0 Å². The first-order chi connectivity index (χ1) is 24.9. The Bertz CT molecular complexity index is 1860. The van der Waals surface area contributed by atoms with Gasteiger partial charge in [0.2, 0.25) is 0 Å². The number of benzene rings is 1. The Morgan fingerprint density at radius 3 is 2.38 bits per heavy atom. The normalized spacial score (nSPS) is 21.6. The van der Waals surface area contributed by atoms with E-state index in [0.717, 1.165) is 17.0 Å². The van der Waals surface area contributed by atoms with Crippen LogP contribution in [0.4, 0.5) is 36.8 Å². The van der Waals surface area contributed by atoms with E-state index in [9.17, 15) is 41.4 Å². The molecule has 4 heterocycles. The molecule has 15 nitrogen and oxygen atoms in total. The number of likely N-dealkylation sites (tertiary alicyclic amines) is 1. The highest BCUT2D eigenvalue weighted by atomic mass is 35.5. The van der Waals surface area contributed by atoms with Gasteiger partial charge < -0.3 is 40.9 Å². The molecule has 22 heteroatoms. The van der Waals surface area contributed by atoms with Crippen LogP contribution < -0.4 is 21.3 Å². The third-order valence-corrected chi connectivity index (χ3v) is 9.36. The zero-order valence-corrected chi connectivity index (χ0v) is 28.5. The van der Waals surface area contributed by atoms with Crippen molar-refractivity contribution in [2.75, 3.05) is 38.0 Å². The maximum absolute atomic E-state index is 15.4. The summed E-state index contributed by atoms with van der Waals surface area (Å²) in [5, 5.41) is 30.5. The molecule has 1 saturated carbocycles. The molecule has 1 aliphatic carbocycles. The van der Waals surface area contributed by atoms with Crippen molar-refractivity contribution in [3.63, 3.8) is 0 Å². The lowest BCUT2D eigenvalue weighted by Crippen LogP contribution is -2.53. The molecule has 0 bridgehead atoms. The molecule has 0 radical (unpaired) electrons. The summed E-state index contributed by atoms with van der Waals surface area (Å²) in [5.41, 5.74) is -3.66. The lowest BCUT2D eigenvalue weighted by molar-refractivity contribution is -0.141. The van der Waals surface area contributed by atoms with E-state index < -0.39 is 71.5 Å². The van der Waals surface area contributed by atoms with Crippen LogP contribution in [0.2, 0.25) is 5.02 Å². The van der Waals surface area contributed by atoms with Gasteiger partial charge in [0.25, 0.3) is 24.2 Å². The van der Waals surface area contributed by atoms with E-state index in [1.807, 2.05) is 0 Å². The molecule has 3 fully saturated rings. The highest BCUT2D eigenvalue weighted by Crippen LogP contribution is 2.53. The molecular weight excluding hydrogens is 744 g/mol. The van der Waals surface area contributed by atoms with Crippen LogP contribution in [0.15, 0.2) is 30.6 Å².